The predicted octanol–water partition coefficient (Wildman–Crippen LogP) is 2.19. The second kappa shape index (κ2) is 8.25. The van der Waals surface area contributed by atoms with E-state index < -0.39 is 11.2 Å². The highest BCUT2D eigenvalue weighted by Crippen LogP contribution is 2.21. The minimum Gasteiger partial charge on any atom is -0.444 e. The van der Waals surface area contributed by atoms with Crippen molar-refractivity contribution in [3.63, 3.8) is 0 Å². The molecule has 2 aromatic heterocycles. The normalized spacial score (nSPS) is 11.3. The number of H-pyrrole nitrogens is 1. The fraction of sp³-hybridized carbons (Fsp3) is 0.611. The standard InChI is InChI=1S/C18H29N5O3/c1-6-7-8-22(10-14-20-12(4)13(5)26-14)15-16(19)23(9-11(2)3)18(25)21-17(15)24/h11H,6-10,19H2,1-5H3,(H,21,24,25). The molecular weight excluding hydrogens is 334 g/mol. The quantitative estimate of drug-likeness (QED) is 0.744. The Morgan fingerprint density at radius 3 is 2.54 bits per heavy atom. The number of rotatable bonds is 8. The monoisotopic (exact) mass is 363 g/mol. The highest BCUT2D eigenvalue weighted by molar-refractivity contribution is 5.62. The van der Waals surface area contributed by atoms with Crippen molar-refractivity contribution in [3.8, 4) is 0 Å². The van der Waals surface area contributed by atoms with E-state index in [0.29, 0.717) is 31.2 Å². The number of unbranched alkanes of at least 4 members (excludes halogenated alkanes) is 1. The fourth-order valence-corrected chi connectivity index (χ4v) is 2.82. The first-order valence-corrected chi connectivity index (χ1v) is 9.05. The molecule has 0 aliphatic carbocycles. The zero-order valence-electron chi connectivity index (χ0n) is 16.3. The first kappa shape index (κ1) is 19.8. The highest BCUT2D eigenvalue weighted by atomic mass is 16.4. The van der Waals surface area contributed by atoms with Crippen molar-refractivity contribution >= 4 is 11.5 Å². The van der Waals surface area contributed by atoms with Gasteiger partial charge >= 0.3 is 5.69 Å². The molecule has 0 spiro atoms. The molecule has 0 aliphatic rings. The number of oxazole rings is 1. The Morgan fingerprint density at radius 1 is 1.31 bits per heavy atom. The van der Waals surface area contributed by atoms with Gasteiger partial charge in [-0.15, -0.1) is 0 Å². The van der Waals surface area contributed by atoms with Crippen molar-refractivity contribution in [1.82, 2.24) is 14.5 Å². The number of nitrogens with one attached hydrogen (secondary N) is 1. The van der Waals surface area contributed by atoms with Crippen LogP contribution in [0.25, 0.3) is 0 Å². The molecule has 0 amide bonds. The Hall–Kier alpha value is -2.51. The SMILES string of the molecule is CCCCN(Cc1nc(C)c(C)o1)c1c(N)n(CC(C)C)c(=O)[nH]c1=O. The molecule has 0 saturated heterocycles. The van der Waals surface area contributed by atoms with E-state index in [4.69, 9.17) is 10.2 Å². The van der Waals surface area contributed by atoms with Crippen molar-refractivity contribution < 1.29 is 4.42 Å². The number of hydrogen-bond donors (Lipinski definition) is 2. The number of aryl methyl sites for hydroxylation is 2. The van der Waals surface area contributed by atoms with Crippen molar-refractivity contribution in [2.45, 2.75) is 60.5 Å². The largest absolute Gasteiger partial charge is 0.444 e. The van der Waals surface area contributed by atoms with Gasteiger partial charge in [-0.3, -0.25) is 14.3 Å². The maximum absolute atomic E-state index is 12.5. The molecule has 0 radical (unpaired) electrons. The molecule has 0 aromatic carbocycles. The molecule has 0 bridgehead atoms. The lowest BCUT2D eigenvalue weighted by Crippen LogP contribution is -2.39. The maximum atomic E-state index is 12.5. The summed E-state index contributed by atoms with van der Waals surface area (Å²) in [6.07, 6.45) is 1.84. The predicted molar refractivity (Wildman–Crippen MR) is 103 cm³/mol. The number of aromatic nitrogens is 3. The summed E-state index contributed by atoms with van der Waals surface area (Å²) in [7, 11) is 0. The van der Waals surface area contributed by atoms with Gasteiger partial charge in [0.05, 0.1) is 12.2 Å². The molecule has 2 aromatic rings. The van der Waals surface area contributed by atoms with Gasteiger partial charge in [0.25, 0.3) is 5.56 Å². The molecule has 2 heterocycles. The Morgan fingerprint density at radius 2 is 2.00 bits per heavy atom. The van der Waals surface area contributed by atoms with Crippen LogP contribution in [0.4, 0.5) is 11.5 Å². The average Bonchev–Trinajstić information content (AvgIpc) is 2.86. The van der Waals surface area contributed by atoms with Gasteiger partial charge in [-0.25, -0.2) is 9.78 Å². The summed E-state index contributed by atoms with van der Waals surface area (Å²) in [6, 6.07) is 0. The Kier molecular flexibility index (Phi) is 6.28. The smallest absolute Gasteiger partial charge is 0.330 e. The third-order valence-electron chi connectivity index (χ3n) is 4.26. The molecule has 144 valence electrons. The Balaban J connectivity index is 2.49. The summed E-state index contributed by atoms with van der Waals surface area (Å²) < 4.78 is 7.09. The van der Waals surface area contributed by atoms with Crippen LogP contribution in [0, 0.1) is 19.8 Å². The Bertz CT molecular complexity index is 843. The molecule has 8 heteroatoms. The lowest BCUT2D eigenvalue weighted by Gasteiger charge is -2.25. The number of nitrogens with two attached hydrogens (primary N) is 1. The van der Waals surface area contributed by atoms with Gasteiger partial charge in [0.15, 0.2) is 0 Å². The van der Waals surface area contributed by atoms with E-state index in [1.807, 2.05) is 32.6 Å². The Labute approximate surface area is 153 Å². The average molecular weight is 363 g/mol. The van der Waals surface area contributed by atoms with Gasteiger partial charge < -0.3 is 15.1 Å². The molecule has 0 unspecified atom stereocenters. The number of nitrogen functional groups attached to an aromatic ring is 1. The van der Waals surface area contributed by atoms with E-state index in [0.717, 1.165) is 24.3 Å². The van der Waals surface area contributed by atoms with Crippen LogP contribution in [0.15, 0.2) is 14.0 Å². The summed E-state index contributed by atoms with van der Waals surface area (Å²) in [5.74, 6) is 1.68. The second-order valence-corrected chi connectivity index (χ2v) is 7.02. The van der Waals surface area contributed by atoms with Crippen LogP contribution >= 0.6 is 0 Å². The van der Waals surface area contributed by atoms with E-state index in [9.17, 15) is 9.59 Å². The van der Waals surface area contributed by atoms with Crippen LogP contribution in [0.3, 0.4) is 0 Å². The summed E-state index contributed by atoms with van der Waals surface area (Å²) >= 11 is 0. The molecule has 0 saturated carbocycles. The minimum atomic E-state index is -0.483. The van der Waals surface area contributed by atoms with Crippen molar-refractivity contribution in [3.05, 3.63) is 38.2 Å². The summed E-state index contributed by atoms with van der Waals surface area (Å²) in [5.41, 5.74) is 6.40. The molecule has 0 aliphatic heterocycles. The van der Waals surface area contributed by atoms with Gasteiger partial charge in [-0.1, -0.05) is 27.2 Å². The van der Waals surface area contributed by atoms with Gasteiger partial charge in [-0.2, -0.15) is 0 Å². The van der Waals surface area contributed by atoms with Crippen LogP contribution in [0.1, 0.15) is 51.0 Å². The molecular formula is C18H29N5O3. The zero-order valence-corrected chi connectivity index (χ0v) is 16.3. The molecule has 26 heavy (non-hydrogen) atoms. The molecule has 3 N–H and O–H groups in total. The maximum Gasteiger partial charge on any atom is 0.330 e. The third-order valence-corrected chi connectivity index (χ3v) is 4.26. The topological polar surface area (TPSA) is 110 Å². The molecule has 0 atom stereocenters. The van der Waals surface area contributed by atoms with E-state index in [1.54, 1.807) is 0 Å². The minimum absolute atomic E-state index is 0.184. The van der Waals surface area contributed by atoms with Crippen LogP contribution in [0.2, 0.25) is 0 Å². The summed E-state index contributed by atoms with van der Waals surface area (Å²) in [4.78, 5) is 33.3. The van der Waals surface area contributed by atoms with Gasteiger partial charge in [0, 0.05) is 13.1 Å². The first-order chi connectivity index (χ1) is 12.2. The lowest BCUT2D eigenvalue weighted by molar-refractivity contribution is 0.462. The molecule has 8 nitrogen and oxygen atoms in total. The summed E-state index contributed by atoms with van der Waals surface area (Å²) in [6.45, 7) is 11.2. The fourth-order valence-electron chi connectivity index (χ4n) is 2.82. The van der Waals surface area contributed by atoms with E-state index in [2.05, 4.69) is 16.9 Å². The van der Waals surface area contributed by atoms with Crippen LogP contribution in [-0.4, -0.2) is 21.1 Å². The van der Waals surface area contributed by atoms with Gasteiger partial charge in [0.1, 0.15) is 17.3 Å². The van der Waals surface area contributed by atoms with E-state index >= 15 is 0 Å². The molecule has 0 fully saturated rings. The van der Waals surface area contributed by atoms with Crippen molar-refractivity contribution in [2.24, 2.45) is 5.92 Å². The van der Waals surface area contributed by atoms with Crippen molar-refractivity contribution in [2.75, 3.05) is 17.2 Å². The third kappa shape index (κ3) is 4.36. The highest BCUT2D eigenvalue weighted by Gasteiger charge is 2.21. The second-order valence-electron chi connectivity index (χ2n) is 7.02. The lowest BCUT2D eigenvalue weighted by atomic mass is 10.2. The van der Waals surface area contributed by atoms with E-state index in [1.165, 1.54) is 4.57 Å². The zero-order chi connectivity index (χ0) is 19.4. The number of hydrogen-bond acceptors (Lipinski definition) is 6. The number of aromatic amines is 1. The number of nitrogens with zero attached hydrogens (tertiary/aromatic N) is 3. The summed E-state index contributed by atoms with van der Waals surface area (Å²) in [5, 5.41) is 0. The van der Waals surface area contributed by atoms with E-state index in [-0.39, 0.29) is 11.7 Å². The first-order valence-electron chi connectivity index (χ1n) is 9.05. The van der Waals surface area contributed by atoms with Gasteiger partial charge in [-0.05, 0) is 26.2 Å². The van der Waals surface area contributed by atoms with Crippen LogP contribution in [-0.2, 0) is 13.1 Å². The number of anilines is 2. The molecule has 2 rings (SSSR count). The van der Waals surface area contributed by atoms with Crippen LogP contribution in [0.5, 0.6) is 0 Å². The van der Waals surface area contributed by atoms with Crippen LogP contribution < -0.4 is 21.9 Å². The van der Waals surface area contributed by atoms with Crippen molar-refractivity contribution in [1.29, 1.82) is 0 Å². The van der Waals surface area contributed by atoms with Gasteiger partial charge in [0.2, 0.25) is 5.89 Å².